The van der Waals surface area contributed by atoms with E-state index in [4.69, 9.17) is 9.47 Å². The second-order valence-electron chi connectivity index (χ2n) is 5.92. The van der Waals surface area contributed by atoms with Crippen molar-refractivity contribution in [2.24, 2.45) is 5.10 Å². The Labute approximate surface area is 168 Å². The number of rotatable bonds is 8. The zero-order valence-electron chi connectivity index (χ0n) is 16.2. The molecule has 0 radical (unpaired) electrons. The highest BCUT2D eigenvalue weighted by molar-refractivity contribution is 5.94. The minimum absolute atomic E-state index is 0.0382. The number of para-hydroxylation sites is 2. The van der Waals surface area contributed by atoms with Gasteiger partial charge in [-0.15, -0.1) is 0 Å². The molecule has 1 aromatic heterocycles. The van der Waals surface area contributed by atoms with Crippen LogP contribution in [-0.4, -0.2) is 40.6 Å². The third-order valence-electron chi connectivity index (χ3n) is 3.99. The topological polar surface area (TPSA) is 109 Å². The van der Waals surface area contributed by atoms with Gasteiger partial charge in [-0.05, 0) is 44.2 Å². The van der Waals surface area contributed by atoms with Crippen LogP contribution in [0.25, 0.3) is 11.3 Å². The van der Waals surface area contributed by atoms with Crippen LogP contribution in [0, 0.1) is 0 Å². The van der Waals surface area contributed by atoms with Gasteiger partial charge in [0.15, 0.2) is 11.5 Å². The van der Waals surface area contributed by atoms with E-state index >= 15 is 0 Å². The van der Waals surface area contributed by atoms with Crippen LogP contribution < -0.4 is 14.9 Å². The van der Waals surface area contributed by atoms with Crippen molar-refractivity contribution in [3.8, 4) is 28.5 Å². The molecule has 29 heavy (non-hydrogen) atoms. The molecule has 0 saturated carbocycles. The molecule has 150 valence electrons. The number of nitrogens with zero attached hydrogens (tertiary/aromatic N) is 2. The summed E-state index contributed by atoms with van der Waals surface area (Å²) < 4.78 is 10.9. The van der Waals surface area contributed by atoms with Gasteiger partial charge in [0.25, 0.3) is 5.91 Å². The maximum Gasteiger partial charge on any atom is 0.289 e. The summed E-state index contributed by atoms with van der Waals surface area (Å²) >= 11 is 0. The van der Waals surface area contributed by atoms with E-state index in [1.54, 1.807) is 24.3 Å². The molecular weight excluding hydrogens is 372 g/mol. The Morgan fingerprint density at radius 2 is 1.86 bits per heavy atom. The average molecular weight is 394 g/mol. The Morgan fingerprint density at radius 3 is 2.66 bits per heavy atom. The molecule has 0 fully saturated rings. The van der Waals surface area contributed by atoms with Crippen LogP contribution in [0.3, 0.4) is 0 Å². The van der Waals surface area contributed by atoms with Crippen LogP contribution in [0.1, 0.15) is 29.9 Å². The van der Waals surface area contributed by atoms with Crippen molar-refractivity contribution >= 4 is 12.1 Å². The third kappa shape index (κ3) is 4.73. The van der Waals surface area contributed by atoms with Crippen LogP contribution in [-0.2, 0) is 0 Å². The van der Waals surface area contributed by atoms with Gasteiger partial charge in [-0.1, -0.05) is 18.2 Å². The molecule has 8 heteroatoms. The van der Waals surface area contributed by atoms with Gasteiger partial charge >= 0.3 is 0 Å². The first-order chi connectivity index (χ1) is 14.1. The van der Waals surface area contributed by atoms with Crippen molar-refractivity contribution < 1.29 is 19.4 Å². The zero-order chi connectivity index (χ0) is 20.6. The number of hydrogen-bond acceptors (Lipinski definition) is 6. The second-order valence-corrected chi connectivity index (χ2v) is 5.92. The molecule has 2 aromatic carbocycles. The lowest BCUT2D eigenvalue weighted by atomic mass is 10.1. The van der Waals surface area contributed by atoms with Gasteiger partial charge in [0, 0.05) is 11.1 Å². The minimum Gasteiger partial charge on any atom is -0.504 e. The van der Waals surface area contributed by atoms with E-state index in [1.165, 1.54) is 6.21 Å². The zero-order valence-corrected chi connectivity index (χ0v) is 16.2. The number of carbonyl (C=O) groups excluding carboxylic acids is 1. The van der Waals surface area contributed by atoms with Crippen molar-refractivity contribution in [2.75, 3.05) is 13.2 Å². The fourth-order valence-electron chi connectivity index (χ4n) is 2.67. The van der Waals surface area contributed by atoms with Crippen molar-refractivity contribution in [3.63, 3.8) is 0 Å². The van der Waals surface area contributed by atoms with Crippen molar-refractivity contribution in [1.29, 1.82) is 0 Å². The number of aromatic amines is 1. The summed E-state index contributed by atoms with van der Waals surface area (Å²) in [5, 5.41) is 20.9. The first-order valence-electron chi connectivity index (χ1n) is 9.19. The Balaban J connectivity index is 1.70. The molecule has 0 aliphatic rings. The summed E-state index contributed by atoms with van der Waals surface area (Å²) in [6, 6.07) is 14.1. The number of phenolic OH excluding ortho intramolecular Hbond substituents is 1. The summed E-state index contributed by atoms with van der Waals surface area (Å²) in [6.07, 6.45) is 1.34. The van der Waals surface area contributed by atoms with Gasteiger partial charge in [0.1, 0.15) is 11.4 Å². The molecule has 0 aliphatic heterocycles. The van der Waals surface area contributed by atoms with Gasteiger partial charge < -0.3 is 14.6 Å². The SMILES string of the molecule is CCOc1ccccc1-c1cc(C(=O)N/N=C\c2cccc(OCC)c2O)[nH]n1. The van der Waals surface area contributed by atoms with Crippen molar-refractivity contribution in [1.82, 2.24) is 15.6 Å². The van der Waals surface area contributed by atoms with Crippen LogP contribution in [0.5, 0.6) is 17.2 Å². The normalized spacial score (nSPS) is 10.8. The highest BCUT2D eigenvalue weighted by Gasteiger charge is 2.13. The predicted molar refractivity (Wildman–Crippen MR) is 110 cm³/mol. The molecule has 1 heterocycles. The van der Waals surface area contributed by atoms with E-state index in [2.05, 4.69) is 20.7 Å². The lowest BCUT2D eigenvalue weighted by molar-refractivity contribution is 0.0950. The van der Waals surface area contributed by atoms with E-state index in [-0.39, 0.29) is 11.4 Å². The van der Waals surface area contributed by atoms with Crippen LogP contribution >= 0.6 is 0 Å². The highest BCUT2D eigenvalue weighted by atomic mass is 16.5. The molecule has 3 aromatic rings. The number of amides is 1. The average Bonchev–Trinajstić information content (AvgIpc) is 3.22. The van der Waals surface area contributed by atoms with E-state index in [1.807, 2.05) is 38.1 Å². The molecule has 0 saturated heterocycles. The fourth-order valence-corrected chi connectivity index (χ4v) is 2.67. The number of ether oxygens (including phenoxy) is 2. The molecule has 3 N–H and O–H groups in total. The van der Waals surface area contributed by atoms with Crippen LogP contribution in [0.15, 0.2) is 53.6 Å². The molecule has 0 unspecified atom stereocenters. The number of benzene rings is 2. The fraction of sp³-hybridized carbons (Fsp3) is 0.190. The van der Waals surface area contributed by atoms with Gasteiger partial charge in [-0.2, -0.15) is 10.2 Å². The first-order valence-corrected chi connectivity index (χ1v) is 9.19. The molecule has 0 spiro atoms. The van der Waals surface area contributed by atoms with E-state index in [9.17, 15) is 9.90 Å². The van der Waals surface area contributed by atoms with Crippen molar-refractivity contribution in [3.05, 3.63) is 59.8 Å². The highest BCUT2D eigenvalue weighted by Crippen LogP contribution is 2.29. The number of phenols is 1. The van der Waals surface area contributed by atoms with Crippen LogP contribution in [0.2, 0.25) is 0 Å². The van der Waals surface area contributed by atoms with E-state index in [0.29, 0.717) is 36.0 Å². The molecule has 1 amide bonds. The quantitative estimate of drug-likeness (QED) is 0.401. The number of hydrogen-bond donors (Lipinski definition) is 3. The van der Waals surface area contributed by atoms with E-state index in [0.717, 1.165) is 5.56 Å². The predicted octanol–water partition coefficient (Wildman–Crippen LogP) is 3.34. The standard InChI is InChI=1S/C21H22N4O4/c1-3-28-18-10-6-5-9-15(18)16-12-17(24-23-16)21(27)25-22-13-14-8-7-11-19(20(14)26)29-4-2/h5-13,26H,3-4H2,1-2H3,(H,23,24)(H,25,27)/b22-13-. The van der Waals surface area contributed by atoms with Crippen LogP contribution in [0.4, 0.5) is 0 Å². The maximum absolute atomic E-state index is 12.3. The van der Waals surface area contributed by atoms with Gasteiger partial charge in [0.2, 0.25) is 0 Å². The number of H-pyrrole nitrogens is 1. The smallest absolute Gasteiger partial charge is 0.289 e. The lowest BCUT2D eigenvalue weighted by Gasteiger charge is -2.07. The second kappa shape index (κ2) is 9.41. The molecular formula is C21H22N4O4. The largest absolute Gasteiger partial charge is 0.504 e. The van der Waals surface area contributed by atoms with Gasteiger partial charge in [-0.25, -0.2) is 5.43 Å². The Kier molecular flexibility index (Phi) is 6.47. The Morgan fingerprint density at radius 1 is 1.14 bits per heavy atom. The van der Waals surface area contributed by atoms with Gasteiger partial charge in [0.05, 0.1) is 25.1 Å². The monoisotopic (exact) mass is 394 g/mol. The first kappa shape index (κ1) is 19.9. The molecule has 3 rings (SSSR count). The summed E-state index contributed by atoms with van der Waals surface area (Å²) in [7, 11) is 0. The number of aromatic nitrogens is 2. The Hall–Kier alpha value is -3.81. The summed E-state index contributed by atoms with van der Waals surface area (Å²) in [5.41, 5.74) is 4.45. The van der Waals surface area contributed by atoms with Gasteiger partial charge in [-0.3, -0.25) is 9.89 Å². The third-order valence-corrected chi connectivity index (χ3v) is 3.99. The number of nitrogens with one attached hydrogen (secondary N) is 2. The number of hydrazone groups is 1. The molecule has 0 aliphatic carbocycles. The summed E-state index contributed by atoms with van der Waals surface area (Å²) in [4.78, 5) is 12.3. The summed E-state index contributed by atoms with van der Waals surface area (Å²) in [6.45, 7) is 4.69. The molecule has 8 nitrogen and oxygen atoms in total. The van der Waals surface area contributed by atoms with E-state index < -0.39 is 5.91 Å². The minimum atomic E-state index is -0.464. The maximum atomic E-state index is 12.3. The number of carbonyl (C=O) groups is 1. The number of aromatic hydroxyl groups is 1. The molecule has 0 atom stereocenters. The molecule has 0 bridgehead atoms. The summed E-state index contributed by atoms with van der Waals surface area (Å²) in [5.74, 6) is 0.545. The Bertz CT molecular complexity index is 1010. The lowest BCUT2D eigenvalue weighted by Crippen LogP contribution is -2.18. The van der Waals surface area contributed by atoms with Crippen molar-refractivity contribution in [2.45, 2.75) is 13.8 Å².